The first-order valence-electron chi connectivity index (χ1n) is 9.84. The molecule has 0 aromatic heterocycles. The third-order valence-corrected chi connectivity index (χ3v) is 4.75. The van der Waals surface area contributed by atoms with Gasteiger partial charge in [-0.05, 0) is 12.8 Å². The molecule has 1 atom stereocenters. The lowest BCUT2D eigenvalue weighted by atomic mass is 10.0. The minimum absolute atomic E-state index is 0.423. The first-order chi connectivity index (χ1) is 10.9. The van der Waals surface area contributed by atoms with E-state index in [1.807, 2.05) is 0 Å². The molecule has 0 aromatic rings. The van der Waals surface area contributed by atoms with Gasteiger partial charge in [-0.1, -0.05) is 77.6 Å². The van der Waals surface area contributed by atoms with Crippen LogP contribution < -0.4 is 5.73 Å². The van der Waals surface area contributed by atoms with Gasteiger partial charge in [-0.25, -0.2) is 0 Å². The van der Waals surface area contributed by atoms with Gasteiger partial charge in [-0.3, -0.25) is 9.89 Å². The molecule has 2 N–H and O–H groups in total. The third kappa shape index (κ3) is 9.58. The van der Waals surface area contributed by atoms with Crippen LogP contribution in [0.4, 0.5) is 0 Å². The van der Waals surface area contributed by atoms with E-state index < -0.39 is 0 Å². The van der Waals surface area contributed by atoms with Crippen molar-refractivity contribution < 1.29 is 0 Å². The number of nitrogens with zero attached hydrogens (tertiary/aromatic N) is 2. The molecule has 1 rings (SSSR count). The Morgan fingerprint density at radius 1 is 0.909 bits per heavy atom. The summed E-state index contributed by atoms with van der Waals surface area (Å²) in [5, 5.41) is 0. The average Bonchev–Trinajstić information content (AvgIpc) is 2.96. The van der Waals surface area contributed by atoms with Gasteiger partial charge in [0.15, 0.2) is 0 Å². The molecule has 1 unspecified atom stereocenters. The van der Waals surface area contributed by atoms with Crippen molar-refractivity contribution in [2.24, 2.45) is 10.7 Å². The fourth-order valence-electron chi connectivity index (χ4n) is 3.32. The molecule has 0 aromatic carbocycles. The largest absolute Gasteiger partial charge is 0.329 e. The number of nitrogens with two attached hydrogens (primary N) is 1. The van der Waals surface area contributed by atoms with E-state index >= 15 is 0 Å². The Labute approximate surface area is 138 Å². The Morgan fingerprint density at radius 2 is 1.45 bits per heavy atom. The Kier molecular flexibility index (Phi) is 12.7. The van der Waals surface area contributed by atoms with E-state index in [9.17, 15) is 0 Å². The van der Waals surface area contributed by atoms with Gasteiger partial charge in [0.2, 0.25) is 0 Å². The number of unbranched alkanes of at least 4 members (excludes halogenated alkanes) is 11. The molecule has 0 radical (unpaired) electrons. The molecule has 22 heavy (non-hydrogen) atoms. The summed E-state index contributed by atoms with van der Waals surface area (Å²) < 4.78 is 0. The van der Waals surface area contributed by atoms with Gasteiger partial charge < -0.3 is 5.73 Å². The summed E-state index contributed by atoms with van der Waals surface area (Å²) in [6, 6.07) is 0. The maximum atomic E-state index is 5.64. The zero-order chi connectivity index (χ0) is 15.9. The molecule has 3 heteroatoms. The van der Waals surface area contributed by atoms with Crippen molar-refractivity contribution in [1.29, 1.82) is 0 Å². The summed E-state index contributed by atoms with van der Waals surface area (Å²) in [7, 11) is 0. The molecule has 0 aliphatic carbocycles. The molecule has 1 aliphatic rings. The first kappa shape index (κ1) is 19.6. The molecule has 0 amide bonds. The smallest absolute Gasteiger partial charge is 0.102 e. The zero-order valence-electron chi connectivity index (χ0n) is 14.9. The number of hydrogen-bond acceptors (Lipinski definition) is 3. The fraction of sp³-hybridized carbons (Fsp3) is 0.947. The second-order valence-corrected chi connectivity index (χ2v) is 6.77. The lowest BCUT2D eigenvalue weighted by Crippen LogP contribution is -2.34. The van der Waals surface area contributed by atoms with Gasteiger partial charge in [0.25, 0.3) is 0 Å². The summed E-state index contributed by atoms with van der Waals surface area (Å²) in [6.07, 6.45) is 20.7. The highest BCUT2D eigenvalue weighted by Crippen LogP contribution is 2.16. The van der Waals surface area contributed by atoms with Gasteiger partial charge in [0.1, 0.15) is 6.17 Å². The van der Waals surface area contributed by atoms with Crippen molar-refractivity contribution in [1.82, 2.24) is 4.90 Å². The van der Waals surface area contributed by atoms with E-state index in [4.69, 9.17) is 5.73 Å². The van der Waals surface area contributed by atoms with Crippen LogP contribution in [-0.2, 0) is 0 Å². The summed E-state index contributed by atoms with van der Waals surface area (Å²) in [4.78, 5) is 6.97. The highest BCUT2D eigenvalue weighted by atomic mass is 15.3. The van der Waals surface area contributed by atoms with Gasteiger partial charge in [-0.15, -0.1) is 0 Å². The highest BCUT2D eigenvalue weighted by molar-refractivity contribution is 5.62. The van der Waals surface area contributed by atoms with Crippen molar-refractivity contribution in [2.75, 3.05) is 19.6 Å². The summed E-state index contributed by atoms with van der Waals surface area (Å²) >= 11 is 0. The van der Waals surface area contributed by atoms with Crippen LogP contribution in [-0.4, -0.2) is 36.9 Å². The van der Waals surface area contributed by atoms with Crippen LogP contribution in [0.15, 0.2) is 4.99 Å². The molecule has 0 saturated heterocycles. The summed E-state index contributed by atoms with van der Waals surface area (Å²) in [6.45, 7) is 5.02. The van der Waals surface area contributed by atoms with E-state index in [0.717, 1.165) is 19.6 Å². The second-order valence-electron chi connectivity index (χ2n) is 6.77. The maximum absolute atomic E-state index is 5.64. The third-order valence-electron chi connectivity index (χ3n) is 4.75. The van der Waals surface area contributed by atoms with Crippen molar-refractivity contribution in [3.05, 3.63) is 0 Å². The molecule has 0 bridgehead atoms. The molecule has 3 nitrogen and oxygen atoms in total. The van der Waals surface area contributed by atoms with Crippen LogP contribution in [0, 0.1) is 0 Å². The monoisotopic (exact) mass is 309 g/mol. The normalized spacial score (nSPS) is 18.4. The molecule has 1 heterocycles. The fourth-order valence-corrected chi connectivity index (χ4v) is 3.32. The minimum Gasteiger partial charge on any atom is -0.329 e. The predicted octanol–water partition coefficient (Wildman–Crippen LogP) is 4.75. The Morgan fingerprint density at radius 3 is 2.00 bits per heavy atom. The summed E-state index contributed by atoms with van der Waals surface area (Å²) in [5.74, 6) is 0. The highest BCUT2D eigenvalue weighted by Gasteiger charge is 2.19. The lowest BCUT2D eigenvalue weighted by molar-refractivity contribution is 0.241. The van der Waals surface area contributed by atoms with E-state index in [1.54, 1.807) is 0 Å². The lowest BCUT2D eigenvalue weighted by Gasteiger charge is -2.21. The average molecular weight is 310 g/mol. The maximum Gasteiger partial charge on any atom is 0.102 e. The van der Waals surface area contributed by atoms with Gasteiger partial charge in [0.05, 0.1) is 0 Å². The molecule has 0 saturated carbocycles. The minimum atomic E-state index is 0.423. The van der Waals surface area contributed by atoms with Gasteiger partial charge >= 0.3 is 0 Å². The second kappa shape index (κ2) is 14.2. The number of rotatable bonds is 15. The van der Waals surface area contributed by atoms with Gasteiger partial charge in [-0.2, -0.15) is 0 Å². The molecule has 130 valence electrons. The number of aliphatic imine (C=N–C) groups is 1. The van der Waals surface area contributed by atoms with Crippen molar-refractivity contribution in [3.8, 4) is 0 Å². The van der Waals surface area contributed by atoms with Crippen LogP contribution in [0.2, 0.25) is 0 Å². The Hall–Kier alpha value is -0.410. The van der Waals surface area contributed by atoms with E-state index in [1.165, 1.54) is 83.5 Å². The molecular formula is C19H39N3. The Bertz CT molecular complexity index is 265. The van der Waals surface area contributed by atoms with E-state index in [2.05, 4.69) is 23.0 Å². The molecular weight excluding hydrogens is 270 g/mol. The van der Waals surface area contributed by atoms with Gasteiger partial charge in [0, 0.05) is 25.8 Å². The molecule has 0 spiro atoms. The first-order valence-corrected chi connectivity index (χ1v) is 9.84. The van der Waals surface area contributed by atoms with E-state index in [0.29, 0.717) is 6.17 Å². The molecule has 1 aliphatic heterocycles. The number of hydrogen-bond donors (Lipinski definition) is 1. The van der Waals surface area contributed by atoms with Crippen LogP contribution in [0.5, 0.6) is 0 Å². The van der Waals surface area contributed by atoms with Crippen molar-refractivity contribution in [3.63, 3.8) is 0 Å². The zero-order valence-corrected chi connectivity index (χ0v) is 14.9. The van der Waals surface area contributed by atoms with Crippen molar-refractivity contribution in [2.45, 2.75) is 96.6 Å². The topological polar surface area (TPSA) is 41.6 Å². The summed E-state index contributed by atoms with van der Waals surface area (Å²) in [5.41, 5.74) is 5.64. The predicted molar refractivity (Wildman–Crippen MR) is 98.6 cm³/mol. The van der Waals surface area contributed by atoms with Crippen LogP contribution in [0.25, 0.3) is 0 Å². The van der Waals surface area contributed by atoms with Crippen LogP contribution in [0.3, 0.4) is 0 Å². The van der Waals surface area contributed by atoms with E-state index in [-0.39, 0.29) is 0 Å². The van der Waals surface area contributed by atoms with Crippen molar-refractivity contribution >= 4 is 6.21 Å². The Balaban J connectivity index is 1.81. The SMILES string of the molecule is CCCCCCCCCCCCCCC1N=CCN1CCN. The standard InChI is InChI=1S/C19H39N3/c1-2-3-4-5-6-7-8-9-10-11-12-13-14-19-21-16-18-22(19)17-15-20/h16,19H,2-15,17-18,20H2,1H3. The van der Waals surface area contributed by atoms with Crippen LogP contribution in [0.1, 0.15) is 90.4 Å². The van der Waals surface area contributed by atoms with Crippen LogP contribution >= 0.6 is 0 Å². The quantitative estimate of drug-likeness (QED) is 0.444. The molecule has 0 fully saturated rings.